The van der Waals surface area contributed by atoms with E-state index in [1.807, 2.05) is 20.8 Å². The lowest BCUT2D eigenvalue weighted by atomic mass is 10.1. The summed E-state index contributed by atoms with van der Waals surface area (Å²) in [5.74, 6) is -0.701. The number of pyridine rings is 1. The molecule has 0 aliphatic rings. The van der Waals surface area contributed by atoms with E-state index in [9.17, 15) is 9.18 Å². The lowest BCUT2D eigenvalue weighted by Gasteiger charge is -2.24. The van der Waals surface area contributed by atoms with Crippen molar-refractivity contribution in [3.63, 3.8) is 0 Å². The largest absolute Gasteiger partial charge is 0.374 e. The zero-order valence-electron chi connectivity index (χ0n) is 10.5. The molecule has 0 radical (unpaired) electrons. The van der Waals surface area contributed by atoms with Crippen LogP contribution in [0.2, 0.25) is 0 Å². The van der Waals surface area contributed by atoms with Gasteiger partial charge in [0.15, 0.2) is 0 Å². The average Bonchev–Trinajstić information content (AvgIpc) is 2.14. The Morgan fingerprint density at radius 3 is 2.65 bits per heavy atom. The van der Waals surface area contributed by atoms with Gasteiger partial charge in [0.2, 0.25) is 11.9 Å². The van der Waals surface area contributed by atoms with Gasteiger partial charge in [0.1, 0.15) is 6.04 Å². The van der Waals surface area contributed by atoms with Crippen LogP contribution < -0.4 is 10.6 Å². The maximum atomic E-state index is 12.8. The first-order chi connectivity index (χ1) is 7.78. The number of halogens is 1. The summed E-state index contributed by atoms with van der Waals surface area (Å²) in [5.41, 5.74) is 0.255. The Kier molecular flexibility index (Phi) is 4.04. The van der Waals surface area contributed by atoms with Gasteiger partial charge in [0, 0.05) is 23.5 Å². The van der Waals surface area contributed by atoms with Crippen molar-refractivity contribution >= 4 is 11.6 Å². The molecule has 17 heavy (non-hydrogen) atoms. The molecule has 0 aliphatic heterocycles. The minimum Gasteiger partial charge on any atom is -0.374 e. The number of rotatable bonds is 3. The summed E-state index contributed by atoms with van der Waals surface area (Å²) < 4.78 is 12.8. The average molecular weight is 239 g/mol. The number of anilines is 1. The number of aromatic nitrogens is 1. The van der Waals surface area contributed by atoms with Gasteiger partial charge in [0.25, 0.3) is 0 Å². The fraction of sp³-hybridized carbons (Fsp3) is 0.500. The summed E-state index contributed by atoms with van der Waals surface area (Å²) in [6.45, 7) is 7.44. The highest BCUT2D eigenvalue weighted by molar-refractivity contribution is 5.84. The van der Waals surface area contributed by atoms with Crippen LogP contribution in [0.25, 0.3) is 0 Å². The Labute approximate surface area is 101 Å². The molecule has 1 unspecified atom stereocenters. The van der Waals surface area contributed by atoms with Crippen molar-refractivity contribution in [2.45, 2.75) is 39.3 Å². The van der Waals surface area contributed by atoms with E-state index in [2.05, 4.69) is 15.6 Å². The smallest absolute Gasteiger partial charge is 0.242 e. The van der Waals surface area contributed by atoms with Gasteiger partial charge in [0.05, 0.1) is 0 Å². The van der Waals surface area contributed by atoms with E-state index in [4.69, 9.17) is 0 Å². The highest BCUT2D eigenvalue weighted by atomic mass is 19.1. The molecule has 0 aromatic carbocycles. The summed E-state index contributed by atoms with van der Waals surface area (Å²) in [5, 5.41) is 5.76. The number of amides is 1. The minimum absolute atomic E-state index is 0.130. The molecule has 94 valence electrons. The third kappa shape index (κ3) is 4.80. The quantitative estimate of drug-likeness (QED) is 0.792. The molecule has 5 heteroatoms. The van der Waals surface area contributed by atoms with Crippen molar-refractivity contribution in [3.05, 3.63) is 24.3 Å². The molecular formula is C12H18FN3O. The van der Waals surface area contributed by atoms with Gasteiger partial charge in [-0.3, -0.25) is 4.79 Å². The Morgan fingerprint density at radius 1 is 1.47 bits per heavy atom. The molecule has 1 aromatic rings. The number of nitrogens with one attached hydrogen (secondary N) is 2. The molecule has 1 amide bonds. The summed E-state index contributed by atoms with van der Waals surface area (Å²) >= 11 is 0. The van der Waals surface area contributed by atoms with Crippen molar-refractivity contribution in [2.24, 2.45) is 0 Å². The molecule has 0 saturated heterocycles. The van der Waals surface area contributed by atoms with E-state index in [0.29, 0.717) is 5.69 Å². The highest BCUT2D eigenvalue weighted by Crippen LogP contribution is 2.09. The molecule has 1 heterocycles. The molecule has 1 rings (SSSR count). The van der Waals surface area contributed by atoms with Gasteiger partial charge in [-0.05, 0) is 33.8 Å². The number of nitrogens with zero attached hydrogens (tertiary/aromatic N) is 1. The van der Waals surface area contributed by atoms with Crippen LogP contribution in [-0.4, -0.2) is 22.5 Å². The summed E-state index contributed by atoms with van der Waals surface area (Å²) in [6.07, 6.45) is 1.35. The highest BCUT2D eigenvalue weighted by Gasteiger charge is 2.18. The maximum Gasteiger partial charge on any atom is 0.242 e. The Morgan fingerprint density at radius 2 is 2.12 bits per heavy atom. The van der Waals surface area contributed by atoms with Crippen LogP contribution in [0.4, 0.5) is 10.1 Å². The molecular weight excluding hydrogens is 221 g/mol. The molecule has 4 nitrogen and oxygen atoms in total. The third-order valence-corrected chi connectivity index (χ3v) is 2.00. The van der Waals surface area contributed by atoms with Gasteiger partial charge in [-0.1, -0.05) is 0 Å². The molecule has 0 bridgehead atoms. The van der Waals surface area contributed by atoms with Crippen LogP contribution in [0.5, 0.6) is 0 Å². The predicted molar refractivity (Wildman–Crippen MR) is 65.2 cm³/mol. The summed E-state index contributed by atoms with van der Waals surface area (Å²) in [4.78, 5) is 15.2. The van der Waals surface area contributed by atoms with E-state index in [1.165, 1.54) is 12.3 Å². The summed E-state index contributed by atoms with van der Waals surface area (Å²) in [7, 11) is 0. The van der Waals surface area contributed by atoms with E-state index in [-0.39, 0.29) is 11.4 Å². The van der Waals surface area contributed by atoms with Gasteiger partial charge < -0.3 is 10.6 Å². The van der Waals surface area contributed by atoms with Gasteiger partial charge >= 0.3 is 0 Å². The van der Waals surface area contributed by atoms with Crippen LogP contribution >= 0.6 is 0 Å². The second-order valence-electron chi connectivity index (χ2n) is 4.97. The van der Waals surface area contributed by atoms with E-state index in [1.54, 1.807) is 13.0 Å². The normalized spacial score (nSPS) is 13.0. The Bertz CT molecular complexity index is 401. The first-order valence-corrected chi connectivity index (χ1v) is 5.48. The van der Waals surface area contributed by atoms with Gasteiger partial charge in [-0.25, -0.2) is 4.98 Å². The zero-order valence-corrected chi connectivity index (χ0v) is 10.5. The molecule has 1 atom stereocenters. The fourth-order valence-corrected chi connectivity index (χ4v) is 1.29. The van der Waals surface area contributed by atoms with Gasteiger partial charge in [-0.2, -0.15) is 4.39 Å². The first-order valence-electron chi connectivity index (χ1n) is 5.48. The minimum atomic E-state index is -0.571. The summed E-state index contributed by atoms with van der Waals surface area (Å²) in [6, 6.07) is 2.43. The van der Waals surface area contributed by atoms with Crippen molar-refractivity contribution in [1.82, 2.24) is 10.3 Å². The second kappa shape index (κ2) is 5.12. The van der Waals surface area contributed by atoms with Crippen LogP contribution in [0, 0.1) is 5.95 Å². The fourth-order valence-electron chi connectivity index (χ4n) is 1.29. The SMILES string of the molecule is CC(Nc1ccnc(F)c1)C(=O)NC(C)(C)C. The zero-order chi connectivity index (χ0) is 13.1. The number of carbonyl (C=O) groups excluding carboxylic acids is 1. The van der Waals surface area contributed by atoms with Crippen LogP contribution in [0.3, 0.4) is 0 Å². The first kappa shape index (κ1) is 13.4. The van der Waals surface area contributed by atoms with E-state index >= 15 is 0 Å². The van der Waals surface area contributed by atoms with E-state index in [0.717, 1.165) is 0 Å². The topological polar surface area (TPSA) is 54.0 Å². The maximum absolute atomic E-state index is 12.8. The molecule has 0 fully saturated rings. The molecule has 1 aromatic heterocycles. The second-order valence-corrected chi connectivity index (χ2v) is 4.97. The van der Waals surface area contributed by atoms with Crippen molar-refractivity contribution in [3.8, 4) is 0 Å². The van der Waals surface area contributed by atoms with E-state index < -0.39 is 12.0 Å². The molecule has 2 N–H and O–H groups in total. The predicted octanol–water partition coefficient (Wildman–Crippen LogP) is 1.94. The van der Waals surface area contributed by atoms with Crippen LogP contribution in [-0.2, 0) is 4.79 Å². The number of carbonyl (C=O) groups is 1. The van der Waals surface area contributed by atoms with Crippen molar-refractivity contribution < 1.29 is 9.18 Å². The monoisotopic (exact) mass is 239 g/mol. The standard InChI is InChI=1S/C12H18FN3O/c1-8(11(17)16-12(2,3)4)15-9-5-6-14-10(13)7-9/h5-8H,1-4H3,(H,14,15)(H,16,17). The lowest BCUT2D eigenvalue weighted by Crippen LogP contribution is -2.47. The number of hydrogen-bond acceptors (Lipinski definition) is 3. The number of hydrogen-bond donors (Lipinski definition) is 2. The molecule has 0 saturated carbocycles. The lowest BCUT2D eigenvalue weighted by molar-refractivity contribution is -0.122. The molecule has 0 aliphatic carbocycles. The van der Waals surface area contributed by atoms with Crippen molar-refractivity contribution in [2.75, 3.05) is 5.32 Å². The molecule has 0 spiro atoms. The Hall–Kier alpha value is -1.65. The van der Waals surface area contributed by atoms with Gasteiger partial charge in [-0.15, -0.1) is 0 Å². The van der Waals surface area contributed by atoms with Crippen molar-refractivity contribution in [1.29, 1.82) is 0 Å². The third-order valence-electron chi connectivity index (χ3n) is 2.00. The van der Waals surface area contributed by atoms with Crippen LogP contribution in [0.1, 0.15) is 27.7 Å². The Balaban J connectivity index is 2.60. The van der Waals surface area contributed by atoms with Crippen LogP contribution in [0.15, 0.2) is 18.3 Å².